The second-order valence-corrected chi connectivity index (χ2v) is 4.19. The molecule has 15 heavy (non-hydrogen) atoms. The van der Waals surface area contributed by atoms with Crippen LogP contribution in [0.1, 0.15) is 17.0 Å². The number of carbonyl (C=O) groups excluding carboxylic acids is 1. The third-order valence-corrected chi connectivity index (χ3v) is 2.97. The number of carbonyl (C=O) groups is 1. The Morgan fingerprint density at radius 3 is 2.80 bits per heavy atom. The number of ether oxygens (including phenoxy) is 1. The highest BCUT2D eigenvalue weighted by Gasteiger charge is 2.21. The summed E-state index contributed by atoms with van der Waals surface area (Å²) < 4.78 is 5.60. The molecule has 4 heteroatoms. The lowest BCUT2D eigenvalue weighted by molar-refractivity contribution is -0.142. The Morgan fingerprint density at radius 1 is 1.60 bits per heavy atom. The third kappa shape index (κ3) is 2.79. The minimum atomic E-state index is -0.399. The molecule has 0 aliphatic carbocycles. The van der Waals surface area contributed by atoms with Gasteiger partial charge in [-0.05, 0) is 18.6 Å². The molecule has 82 valence electrons. The average Bonchev–Trinajstić information content (AvgIpc) is 2.23. The zero-order valence-electron chi connectivity index (χ0n) is 8.79. The van der Waals surface area contributed by atoms with Gasteiger partial charge in [-0.3, -0.25) is 4.79 Å². The lowest BCUT2D eigenvalue weighted by Gasteiger charge is -2.14. The number of benzene rings is 1. The summed E-state index contributed by atoms with van der Waals surface area (Å²) in [5, 5.41) is 0. The number of hydrogen-bond donors (Lipinski definition) is 1. The summed E-state index contributed by atoms with van der Waals surface area (Å²) in [6, 6.07) is 5.83. The first-order chi connectivity index (χ1) is 7.10. The van der Waals surface area contributed by atoms with Gasteiger partial charge >= 0.3 is 5.97 Å². The van der Waals surface area contributed by atoms with Gasteiger partial charge in [-0.2, -0.15) is 0 Å². The number of methoxy groups -OCH3 is 1. The van der Waals surface area contributed by atoms with Crippen molar-refractivity contribution < 1.29 is 9.53 Å². The van der Waals surface area contributed by atoms with Gasteiger partial charge in [0, 0.05) is 11.0 Å². The van der Waals surface area contributed by atoms with E-state index in [0.717, 1.165) is 15.6 Å². The van der Waals surface area contributed by atoms with Crippen LogP contribution in [-0.4, -0.2) is 19.6 Å². The van der Waals surface area contributed by atoms with Crippen LogP contribution in [0.2, 0.25) is 0 Å². The van der Waals surface area contributed by atoms with E-state index in [2.05, 4.69) is 15.9 Å². The maximum Gasteiger partial charge on any atom is 0.314 e. The summed E-state index contributed by atoms with van der Waals surface area (Å²) in [5.74, 6) is -0.701. The van der Waals surface area contributed by atoms with Crippen LogP contribution in [0, 0.1) is 6.92 Å². The Morgan fingerprint density at radius 2 is 2.27 bits per heavy atom. The van der Waals surface area contributed by atoms with E-state index in [1.807, 2.05) is 25.1 Å². The zero-order valence-corrected chi connectivity index (χ0v) is 10.4. The van der Waals surface area contributed by atoms with Crippen LogP contribution < -0.4 is 5.73 Å². The fraction of sp³-hybridized carbons (Fsp3) is 0.364. The van der Waals surface area contributed by atoms with Crippen LogP contribution in [0.15, 0.2) is 22.7 Å². The number of hydrogen-bond acceptors (Lipinski definition) is 3. The SMILES string of the molecule is COC(=O)C(CN)c1cc(C)ccc1Br. The van der Waals surface area contributed by atoms with Crippen molar-refractivity contribution in [2.45, 2.75) is 12.8 Å². The van der Waals surface area contributed by atoms with Gasteiger partial charge in [0.25, 0.3) is 0 Å². The third-order valence-electron chi connectivity index (χ3n) is 2.25. The highest BCUT2D eigenvalue weighted by Crippen LogP contribution is 2.26. The Hall–Kier alpha value is -0.870. The molecule has 0 fully saturated rings. The van der Waals surface area contributed by atoms with Crippen LogP contribution in [0.25, 0.3) is 0 Å². The van der Waals surface area contributed by atoms with Gasteiger partial charge in [-0.1, -0.05) is 33.6 Å². The molecule has 0 aromatic heterocycles. The fourth-order valence-corrected chi connectivity index (χ4v) is 1.95. The largest absolute Gasteiger partial charge is 0.469 e. The Kier molecular flexibility index (Phi) is 4.29. The highest BCUT2D eigenvalue weighted by molar-refractivity contribution is 9.10. The molecule has 1 atom stereocenters. The van der Waals surface area contributed by atoms with Crippen molar-refractivity contribution in [1.82, 2.24) is 0 Å². The quantitative estimate of drug-likeness (QED) is 0.856. The molecule has 0 bridgehead atoms. The summed E-state index contributed by atoms with van der Waals surface area (Å²) >= 11 is 3.41. The molecule has 3 nitrogen and oxygen atoms in total. The van der Waals surface area contributed by atoms with Crippen LogP contribution in [0.3, 0.4) is 0 Å². The normalized spacial score (nSPS) is 12.3. The zero-order chi connectivity index (χ0) is 11.4. The number of esters is 1. The van der Waals surface area contributed by atoms with Crippen molar-refractivity contribution in [2.75, 3.05) is 13.7 Å². The first-order valence-electron chi connectivity index (χ1n) is 4.64. The molecule has 0 heterocycles. The predicted octanol–water partition coefficient (Wildman–Crippen LogP) is 1.97. The number of aryl methyl sites for hydroxylation is 1. The highest BCUT2D eigenvalue weighted by atomic mass is 79.9. The van der Waals surface area contributed by atoms with Gasteiger partial charge < -0.3 is 10.5 Å². The Bertz CT molecular complexity index is 366. The van der Waals surface area contributed by atoms with Crippen molar-refractivity contribution in [2.24, 2.45) is 5.73 Å². The molecule has 1 rings (SSSR count). The molecule has 0 amide bonds. The van der Waals surface area contributed by atoms with Gasteiger partial charge in [-0.15, -0.1) is 0 Å². The van der Waals surface area contributed by atoms with Crippen molar-refractivity contribution in [3.05, 3.63) is 33.8 Å². The fourth-order valence-electron chi connectivity index (χ4n) is 1.42. The van der Waals surface area contributed by atoms with Gasteiger partial charge in [0.1, 0.15) is 0 Å². The Labute approximate surface area is 97.7 Å². The predicted molar refractivity (Wildman–Crippen MR) is 62.7 cm³/mol. The van der Waals surface area contributed by atoms with Crippen molar-refractivity contribution in [3.8, 4) is 0 Å². The molecule has 2 N–H and O–H groups in total. The van der Waals surface area contributed by atoms with Crippen LogP contribution >= 0.6 is 15.9 Å². The summed E-state index contributed by atoms with van der Waals surface area (Å²) in [6.45, 7) is 2.22. The molecule has 1 aromatic carbocycles. The first kappa shape index (κ1) is 12.2. The van der Waals surface area contributed by atoms with Gasteiger partial charge in [-0.25, -0.2) is 0 Å². The van der Waals surface area contributed by atoms with Gasteiger partial charge in [0.2, 0.25) is 0 Å². The molecule has 0 aliphatic rings. The standard InChI is InChI=1S/C11H14BrNO2/c1-7-3-4-10(12)8(5-7)9(6-13)11(14)15-2/h3-5,9H,6,13H2,1-2H3. The molecule has 0 aliphatic heterocycles. The smallest absolute Gasteiger partial charge is 0.314 e. The maximum absolute atomic E-state index is 11.5. The monoisotopic (exact) mass is 271 g/mol. The molecule has 0 radical (unpaired) electrons. The first-order valence-corrected chi connectivity index (χ1v) is 5.43. The van der Waals surface area contributed by atoms with Crippen LogP contribution in [0.4, 0.5) is 0 Å². The minimum absolute atomic E-state index is 0.245. The van der Waals surface area contributed by atoms with E-state index in [9.17, 15) is 4.79 Å². The molecular formula is C11H14BrNO2. The average molecular weight is 272 g/mol. The van der Waals surface area contributed by atoms with Crippen molar-refractivity contribution in [3.63, 3.8) is 0 Å². The van der Waals surface area contributed by atoms with Gasteiger partial charge in [0.05, 0.1) is 13.0 Å². The van der Waals surface area contributed by atoms with E-state index in [4.69, 9.17) is 10.5 Å². The Balaban J connectivity index is 3.11. The van der Waals surface area contributed by atoms with E-state index >= 15 is 0 Å². The second-order valence-electron chi connectivity index (χ2n) is 3.34. The summed E-state index contributed by atoms with van der Waals surface area (Å²) in [5.41, 5.74) is 7.55. The van der Waals surface area contributed by atoms with Crippen molar-refractivity contribution >= 4 is 21.9 Å². The lowest BCUT2D eigenvalue weighted by atomic mass is 9.98. The summed E-state index contributed by atoms with van der Waals surface area (Å²) in [4.78, 5) is 11.5. The van der Waals surface area contributed by atoms with E-state index in [0.29, 0.717) is 0 Å². The number of nitrogens with two attached hydrogens (primary N) is 1. The van der Waals surface area contributed by atoms with Gasteiger partial charge in [0.15, 0.2) is 0 Å². The van der Waals surface area contributed by atoms with E-state index in [1.165, 1.54) is 7.11 Å². The second kappa shape index (κ2) is 5.28. The molecular weight excluding hydrogens is 258 g/mol. The summed E-state index contributed by atoms with van der Waals surface area (Å²) in [7, 11) is 1.37. The van der Waals surface area contributed by atoms with Crippen LogP contribution in [-0.2, 0) is 9.53 Å². The maximum atomic E-state index is 11.5. The van der Waals surface area contributed by atoms with E-state index in [-0.39, 0.29) is 12.5 Å². The molecule has 1 aromatic rings. The number of rotatable bonds is 3. The molecule has 1 unspecified atom stereocenters. The van der Waals surface area contributed by atoms with E-state index < -0.39 is 5.92 Å². The van der Waals surface area contributed by atoms with E-state index in [1.54, 1.807) is 0 Å². The molecule has 0 saturated heterocycles. The van der Waals surface area contributed by atoms with Crippen molar-refractivity contribution in [1.29, 1.82) is 0 Å². The summed E-state index contributed by atoms with van der Waals surface area (Å²) in [6.07, 6.45) is 0. The van der Waals surface area contributed by atoms with Crippen LogP contribution in [0.5, 0.6) is 0 Å². The molecule has 0 spiro atoms. The minimum Gasteiger partial charge on any atom is -0.469 e. The topological polar surface area (TPSA) is 52.3 Å². The molecule has 0 saturated carbocycles. The lowest BCUT2D eigenvalue weighted by Crippen LogP contribution is -2.23. The number of halogens is 1.